The van der Waals surface area contributed by atoms with E-state index in [1.54, 1.807) is 24.3 Å². The molecule has 4 rings (SSSR count). The summed E-state index contributed by atoms with van der Waals surface area (Å²) in [6.07, 6.45) is -0.243. The molecule has 0 radical (unpaired) electrons. The van der Waals surface area contributed by atoms with E-state index in [0.29, 0.717) is 13.2 Å². The van der Waals surface area contributed by atoms with E-state index in [0.717, 1.165) is 33.8 Å². The summed E-state index contributed by atoms with van der Waals surface area (Å²) >= 11 is 0. The summed E-state index contributed by atoms with van der Waals surface area (Å²) in [4.78, 5) is 0. The number of benzene rings is 4. The normalized spacial score (nSPS) is 12.8. The lowest BCUT2D eigenvalue weighted by atomic mass is 9.78. The third kappa shape index (κ3) is 8.30. The van der Waals surface area contributed by atoms with Crippen LogP contribution in [0.5, 0.6) is 23.0 Å². The zero-order valence-corrected chi connectivity index (χ0v) is 29.3. The highest BCUT2D eigenvalue weighted by atomic mass is 28.4. The number of hydrogen-bond acceptors (Lipinski definition) is 5. The molecule has 0 atom stereocenters. The van der Waals surface area contributed by atoms with Gasteiger partial charge in [-0.3, -0.25) is 0 Å². The van der Waals surface area contributed by atoms with Gasteiger partial charge in [0.1, 0.15) is 42.3 Å². The summed E-state index contributed by atoms with van der Waals surface area (Å²) in [6, 6.07) is 31.2. The van der Waals surface area contributed by atoms with Crippen LogP contribution in [0.15, 0.2) is 97.1 Å². The number of aromatic hydroxyl groups is 2. The van der Waals surface area contributed by atoms with E-state index < -0.39 is 8.32 Å². The van der Waals surface area contributed by atoms with Crippen molar-refractivity contribution in [2.24, 2.45) is 0 Å². The maximum absolute atomic E-state index is 9.70. The fraction of sp³-hybridized carbons (Fsp3) is 0.385. The second-order valence-corrected chi connectivity index (χ2v) is 19.3. The maximum Gasteiger partial charge on any atom is 0.192 e. The van der Waals surface area contributed by atoms with E-state index >= 15 is 0 Å². The highest BCUT2D eigenvalue weighted by Gasteiger charge is 2.39. The van der Waals surface area contributed by atoms with Crippen molar-refractivity contribution >= 4 is 8.32 Å². The van der Waals surface area contributed by atoms with Gasteiger partial charge in [-0.05, 0) is 88.9 Å². The van der Waals surface area contributed by atoms with E-state index in [1.807, 2.05) is 48.5 Å². The standard InChI is InChI=1S/C39H50O5Si/c1-37(2,3)45(8,9)44-36(26-42-34-22-14-30(15-23-34)38(4,5)28-10-18-32(40)19-11-28)27-43-35-24-16-31(17-25-35)39(6,7)29-12-20-33(41)21-13-29/h10-25,36,40-41H,26-27H2,1-9H3. The molecule has 0 aliphatic heterocycles. The van der Waals surface area contributed by atoms with Gasteiger partial charge in [-0.1, -0.05) is 97.0 Å². The quantitative estimate of drug-likeness (QED) is 0.153. The van der Waals surface area contributed by atoms with Gasteiger partial charge in [0.25, 0.3) is 0 Å². The molecule has 0 bridgehead atoms. The van der Waals surface area contributed by atoms with E-state index in [9.17, 15) is 10.2 Å². The predicted octanol–water partition coefficient (Wildman–Crippen LogP) is 9.60. The number of rotatable bonds is 12. The number of phenols is 2. The van der Waals surface area contributed by atoms with Crippen LogP contribution in [0.4, 0.5) is 0 Å². The fourth-order valence-electron chi connectivity index (χ4n) is 5.11. The molecule has 240 valence electrons. The Labute approximate surface area is 271 Å². The summed E-state index contributed by atoms with van der Waals surface area (Å²) < 4.78 is 19.4. The second kappa shape index (κ2) is 13.3. The molecular weight excluding hydrogens is 577 g/mol. The third-order valence-electron chi connectivity index (χ3n) is 9.47. The average molecular weight is 627 g/mol. The Morgan fingerprint density at radius 3 is 1.09 bits per heavy atom. The summed E-state index contributed by atoms with van der Waals surface area (Å²) in [6.45, 7) is 20.7. The van der Waals surface area contributed by atoms with Gasteiger partial charge in [-0.25, -0.2) is 0 Å². The van der Waals surface area contributed by atoms with Gasteiger partial charge in [0, 0.05) is 10.8 Å². The smallest absolute Gasteiger partial charge is 0.192 e. The Hall–Kier alpha value is -3.74. The zero-order chi connectivity index (χ0) is 33.0. The molecule has 0 saturated heterocycles. The molecule has 0 aromatic heterocycles. The van der Waals surface area contributed by atoms with E-state index in [2.05, 4.69) is 85.8 Å². The summed E-state index contributed by atoms with van der Waals surface area (Å²) in [7, 11) is -2.09. The molecule has 4 aromatic rings. The molecule has 5 nitrogen and oxygen atoms in total. The first kappa shape index (κ1) is 34.1. The Morgan fingerprint density at radius 2 is 0.800 bits per heavy atom. The van der Waals surface area contributed by atoms with Crippen molar-refractivity contribution in [3.8, 4) is 23.0 Å². The first-order valence-corrected chi connectivity index (χ1v) is 18.6. The minimum atomic E-state index is -2.09. The summed E-state index contributed by atoms with van der Waals surface area (Å²) in [5.74, 6) is 2.10. The Bertz CT molecular complexity index is 1410. The monoisotopic (exact) mass is 626 g/mol. The van der Waals surface area contributed by atoms with Crippen LogP contribution in [0, 0.1) is 0 Å². The Kier molecular flexibility index (Phi) is 10.1. The van der Waals surface area contributed by atoms with Crippen molar-refractivity contribution < 1.29 is 24.1 Å². The zero-order valence-electron chi connectivity index (χ0n) is 28.3. The lowest BCUT2D eigenvalue weighted by Crippen LogP contribution is -2.47. The van der Waals surface area contributed by atoms with Crippen LogP contribution in [-0.4, -0.2) is 37.8 Å². The number of hydrogen-bond donors (Lipinski definition) is 2. The maximum atomic E-state index is 9.70. The van der Waals surface area contributed by atoms with Crippen molar-refractivity contribution in [3.05, 3.63) is 119 Å². The van der Waals surface area contributed by atoms with Crippen molar-refractivity contribution in [2.45, 2.75) is 83.5 Å². The van der Waals surface area contributed by atoms with Gasteiger partial charge in [-0.15, -0.1) is 0 Å². The van der Waals surface area contributed by atoms with E-state index in [1.165, 1.54) is 0 Å². The van der Waals surface area contributed by atoms with Gasteiger partial charge in [0.2, 0.25) is 0 Å². The first-order valence-electron chi connectivity index (χ1n) is 15.7. The fourth-order valence-corrected chi connectivity index (χ4v) is 6.44. The van der Waals surface area contributed by atoms with Crippen molar-refractivity contribution in [1.29, 1.82) is 0 Å². The largest absolute Gasteiger partial charge is 0.508 e. The molecule has 0 fully saturated rings. The Morgan fingerprint density at radius 1 is 0.511 bits per heavy atom. The molecule has 6 heteroatoms. The molecule has 0 amide bonds. The van der Waals surface area contributed by atoms with Crippen LogP contribution in [0.3, 0.4) is 0 Å². The number of phenolic OH excluding ortho intramolecular Hbond substituents is 2. The number of ether oxygens (including phenoxy) is 2. The van der Waals surface area contributed by atoms with Crippen LogP contribution < -0.4 is 9.47 Å². The molecular formula is C39H50O5Si. The van der Waals surface area contributed by atoms with Gasteiger partial charge in [0.15, 0.2) is 8.32 Å². The summed E-state index contributed by atoms with van der Waals surface area (Å²) in [5.41, 5.74) is 4.15. The van der Waals surface area contributed by atoms with Crippen molar-refractivity contribution in [1.82, 2.24) is 0 Å². The van der Waals surface area contributed by atoms with E-state index in [4.69, 9.17) is 13.9 Å². The molecule has 0 aliphatic carbocycles. The highest BCUT2D eigenvalue weighted by molar-refractivity contribution is 6.74. The van der Waals surface area contributed by atoms with Crippen molar-refractivity contribution in [2.75, 3.05) is 13.2 Å². The van der Waals surface area contributed by atoms with Crippen LogP contribution in [0.25, 0.3) is 0 Å². The molecule has 45 heavy (non-hydrogen) atoms. The molecule has 4 aromatic carbocycles. The minimum Gasteiger partial charge on any atom is -0.508 e. The lowest BCUT2D eigenvalue weighted by Gasteiger charge is -2.39. The average Bonchev–Trinajstić information content (AvgIpc) is 2.99. The second-order valence-electron chi connectivity index (χ2n) is 14.5. The molecule has 0 heterocycles. The molecule has 0 spiro atoms. The molecule has 2 N–H and O–H groups in total. The van der Waals surface area contributed by atoms with Crippen molar-refractivity contribution in [3.63, 3.8) is 0 Å². The van der Waals surface area contributed by atoms with Crippen LogP contribution in [0.1, 0.15) is 70.7 Å². The summed E-state index contributed by atoms with van der Waals surface area (Å²) in [5, 5.41) is 19.4. The molecule has 0 aliphatic rings. The van der Waals surface area contributed by atoms with Crippen LogP contribution in [-0.2, 0) is 15.3 Å². The highest BCUT2D eigenvalue weighted by Crippen LogP contribution is 2.38. The predicted molar refractivity (Wildman–Crippen MR) is 186 cm³/mol. The topological polar surface area (TPSA) is 68.2 Å². The lowest BCUT2D eigenvalue weighted by molar-refractivity contribution is 0.0704. The first-order chi connectivity index (χ1) is 21.0. The SMILES string of the molecule is CC(C)(c1ccc(O)cc1)c1ccc(OCC(COc2ccc(C(C)(C)c3ccc(O)cc3)cc2)O[Si](C)(C)C(C)(C)C)cc1. The minimum absolute atomic E-state index is 0.0498. The van der Waals surface area contributed by atoms with Gasteiger partial charge in [0.05, 0.1) is 0 Å². The van der Waals surface area contributed by atoms with Crippen LogP contribution >= 0.6 is 0 Å². The van der Waals surface area contributed by atoms with Gasteiger partial charge < -0.3 is 24.1 Å². The van der Waals surface area contributed by atoms with Crippen LogP contribution in [0.2, 0.25) is 18.1 Å². The van der Waals surface area contributed by atoms with E-state index in [-0.39, 0.29) is 33.5 Å². The molecule has 0 unspecified atom stereocenters. The van der Waals surface area contributed by atoms with Gasteiger partial charge >= 0.3 is 0 Å². The van der Waals surface area contributed by atoms with Gasteiger partial charge in [-0.2, -0.15) is 0 Å². The Balaban J connectivity index is 1.44. The molecule has 0 saturated carbocycles. The third-order valence-corrected chi connectivity index (χ3v) is 14.0.